The molecular weight excluding hydrogens is 252 g/mol. The van der Waals surface area contributed by atoms with Crippen LogP contribution in [0.1, 0.15) is 42.5 Å². The summed E-state index contributed by atoms with van der Waals surface area (Å²) < 4.78 is 7.72. The van der Waals surface area contributed by atoms with Gasteiger partial charge in [-0.2, -0.15) is 5.10 Å². The van der Waals surface area contributed by atoms with E-state index in [1.54, 1.807) is 19.1 Å². The van der Waals surface area contributed by atoms with Gasteiger partial charge in [-0.15, -0.1) is 0 Å². The second kappa shape index (κ2) is 6.37. The third-order valence-corrected chi connectivity index (χ3v) is 3.20. The zero-order valence-electron chi connectivity index (χ0n) is 12.2. The van der Waals surface area contributed by atoms with Gasteiger partial charge in [0.05, 0.1) is 11.4 Å². The Labute approximate surface area is 119 Å². The first-order valence-electron chi connectivity index (χ1n) is 6.93. The number of hydrogen-bond acceptors (Lipinski definition) is 3. The Kier molecular flexibility index (Phi) is 4.56. The monoisotopic (exact) mass is 272 g/mol. The van der Waals surface area contributed by atoms with Crippen molar-refractivity contribution in [3.05, 3.63) is 47.3 Å². The predicted octanol–water partition coefficient (Wildman–Crippen LogP) is 3.25. The van der Waals surface area contributed by atoms with E-state index >= 15 is 0 Å². The zero-order valence-corrected chi connectivity index (χ0v) is 12.2. The van der Waals surface area contributed by atoms with Gasteiger partial charge in [0.25, 0.3) is 0 Å². The molecule has 2 aromatic rings. The van der Waals surface area contributed by atoms with Gasteiger partial charge in [-0.3, -0.25) is 9.48 Å². The van der Waals surface area contributed by atoms with Crippen LogP contribution in [0.2, 0.25) is 0 Å². The summed E-state index contributed by atoms with van der Waals surface area (Å²) in [5, 5.41) is 4.49. The summed E-state index contributed by atoms with van der Waals surface area (Å²) in [6, 6.07) is 9.33. The highest BCUT2D eigenvalue weighted by Crippen LogP contribution is 2.16. The van der Waals surface area contributed by atoms with E-state index < -0.39 is 0 Å². The molecule has 0 spiro atoms. The Hall–Kier alpha value is -2.10. The van der Waals surface area contributed by atoms with Gasteiger partial charge >= 0.3 is 0 Å². The molecule has 0 aliphatic rings. The van der Waals surface area contributed by atoms with Gasteiger partial charge in [-0.25, -0.2) is 0 Å². The normalized spacial score (nSPS) is 10.6. The number of aryl methyl sites for hydroxylation is 2. The van der Waals surface area contributed by atoms with Crippen LogP contribution in [0.4, 0.5) is 0 Å². The van der Waals surface area contributed by atoms with Gasteiger partial charge in [0.15, 0.2) is 5.78 Å². The summed E-state index contributed by atoms with van der Waals surface area (Å²) in [5.74, 6) is 0.752. The molecule has 4 nitrogen and oxygen atoms in total. The topological polar surface area (TPSA) is 44.1 Å². The first kappa shape index (κ1) is 14.3. The predicted molar refractivity (Wildman–Crippen MR) is 78.1 cm³/mol. The molecule has 0 N–H and O–H groups in total. The van der Waals surface area contributed by atoms with E-state index in [1.165, 1.54) is 0 Å². The average Bonchev–Trinajstić information content (AvgIpc) is 2.88. The van der Waals surface area contributed by atoms with E-state index in [0.717, 1.165) is 24.4 Å². The standard InChI is InChI=1S/C16H20N2O2/c1-4-14-10-15(18(5-2)17-14)11-20-16-8-6-7-13(9-16)12(3)19/h6-10H,4-5,11H2,1-3H3. The van der Waals surface area contributed by atoms with E-state index in [2.05, 4.69) is 25.0 Å². The molecule has 0 aliphatic carbocycles. The maximum absolute atomic E-state index is 11.3. The van der Waals surface area contributed by atoms with Crippen molar-refractivity contribution >= 4 is 5.78 Å². The highest BCUT2D eigenvalue weighted by molar-refractivity contribution is 5.94. The number of ketones is 1. The molecule has 0 fully saturated rings. The molecule has 4 heteroatoms. The lowest BCUT2D eigenvalue weighted by atomic mass is 10.1. The Morgan fingerprint density at radius 3 is 2.75 bits per heavy atom. The number of carbonyl (C=O) groups is 1. The van der Waals surface area contributed by atoms with Crippen LogP contribution >= 0.6 is 0 Å². The van der Waals surface area contributed by atoms with Crippen LogP contribution < -0.4 is 4.74 Å². The van der Waals surface area contributed by atoms with Crippen molar-refractivity contribution in [3.63, 3.8) is 0 Å². The second-order valence-corrected chi connectivity index (χ2v) is 4.67. The number of rotatable bonds is 6. The van der Waals surface area contributed by atoms with Crippen molar-refractivity contribution in [1.82, 2.24) is 9.78 Å². The molecule has 106 valence electrons. The van der Waals surface area contributed by atoms with Gasteiger partial charge in [0.2, 0.25) is 0 Å². The van der Waals surface area contributed by atoms with Gasteiger partial charge in [-0.05, 0) is 38.5 Å². The number of nitrogens with zero attached hydrogens (tertiary/aromatic N) is 2. The minimum Gasteiger partial charge on any atom is -0.487 e. The summed E-state index contributed by atoms with van der Waals surface area (Å²) in [6.07, 6.45) is 0.916. The number of carbonyl (C=O) groups excluding carboxylic acids is 1. The molecule has 0 aliphatic heterocycles. The largest absolute Gasteiger partial charge is 0.487 e. The highest BCUT2D eigenvalue weighted by atomic mass is 16.5. The van der Waals surface area contributed by atoms with Crippen molar-refractivity contribution in [2.24, 2.45) is 0 Å². The van der Waals surface area contributed by atoms with Crippen molar-refractivity contribution in [2.75, 3.05) is 0 Å². The summed E-state index contributed by atoms with van der Waals surface area (Å²) in [5.41, 5.74) is 2.79. The van der Waals surface area contributed by atoms with Crippen LogP contribution in [0.3, 0.4) is 0 Å². The maximum Gasteiger partial charge on any atom is 0.159 e. The van der Waals surface area contributed by atoms with Crippen LogP contribution in [0, 0.1) is 0 Å². The first-order chi connectivity index (χ1) is 9.63. The fourth-order valence-electron chi connectivity index (χ4n) is 2.04. The third-order valence-electron chi connectivity index (χ3n) is 3.20. The molecule has 0 saturated carbocycles. The molecule has 0 atom stereocenters. The fourth-order valence-corrected chi connectivity index (χ4v) is 2.04. The molecule has 1 aromatic carbocycles. The van der Waals surface area contributed by atoms with Crippen molar-refractivity contribution < 1.29 is 9.53 Å². The zero-order chi connectivity index (χ0) is 14.5. The molecule has 0 saturated heterocycles. The average molecular weight is 272 g/mol. The molecule has 0 unspecified atom stereocenters. The number of Topliss-reactive ketones (excluding diaryl/α,β-unsaturated/α-hetero) is 1. The van der Waals surface area contributed by atoms with Gasteiger partial charge in [0, 0.05) is 12.1 Å². The Morgan fingerprint density at radius 1 is 1.30 bits per heavy atom. The number of aromatic nitrogens is 2. The lowest BCUT2D eigenvalue weighted by Crippen LogP contribution is -2.06. The van der Waals surface area contributed by atoms with Gasteiger partial charge in [-0.1, -0.05) is 19.1 Å². The molecule has 2 rings (SSSR count). The van der Waals surface area contributed by atoms with Gasteiger partial charge < -0.3 is 4.74 Å². The number of hydrogen-bond donors (Lipinski definition) is 0. The SMILES string of the molecule is CCc1cc(COc2cccc(C(C)=O)c2)n(CC)n1. The van der Waals surface area contributed by atoms with Crippen molar-refractivity contribution in [3.8, 4) is 5.75 Å². The fraction of sp³-hybridized carbons (Fsp3) is 0.375. The Bertz CT molecular complexity index is 602. The van der Waals surface area contributed by atoms with Crippen LogP contribution in [0.5, 0.6) is 5.75 Å². The highest BCUT2D eigenvalue weighted by Gasteiger charge is 2.07. The molecule has 0 bridgehead atoms. The van der Waals surface area contributed by atoms with E-state index in [4.69, 9.17) is 4.74 Å². The minimum atomic E-state index is 0.0438. The minimum absolute atomic E-state index is 0.0438. The second-order valence-electron chi connectivity index (χ2n) is 4.67. The van der Waals surface area contributed by atoms with E-state index in [1.807, 2.05) is 16.8 Å². The lowest BCUT2D eigenvalue weighted by molar-refractivity contribution is 0.101. The van der Waals surface area contributed by atoms with E-state index in [-0.39, 0.29) is 5.78 Å². The van der Waals surface area contributed by atoms with Crippen molar-refractivity contribution in [2.45, 2.75) is 40.3 Å². The first-order valence-corrected chi connectivity index (χ1v) is 6.93. The molecule has 1 heterocycles. The van der Waals surface area contributed by atoms with Crippen LogP contribution in [0.15, 0.2) is 30.3 Å². The lowest BCUT2D eigenvalue weighted by Gasteiger charge is -2.08. The quantitative estimate of drug-likeness (QED) is 0.758. The summed E-state index contributed by atoms with van der Waals surface area (Å²) in [7, 11) is 0. The van der Waals surface area contributed by atoms with Crippen LogP contribution in [-0.4, -0.2) is 15.6 Å². The Balaban J connectivity index is 2.10. The van der Waals surface area contributed by atoms with Gasteiger partial charge in [0.1, 0.15) is 12.4 Å². The molecule has 0 radical (unpaired) electrons. The summed E-state index contributed by atoms with van der Waals surface area (Å²) >= 11 is 0. The number of benzene rings is 1. The molecule has 20 heavy (non-hydrogen) atoms. The van der Waals surface area contributed by atoms with Crippen LogP contribution in [0.25, 0.3) is 0 Å². The summed E-state index contributed by atoms with van der Waals surface area (Å²) in [4.78, 5) is 11.3. The van der Waals surface area contributed by atoms with Crippen LogP contribution in [-0.2, 0) is 19.6 Å². The van der Waals surface area contributed by atoms with E-state index in [0.29, 0.717) is 17.9 Å². The Morgan fingerprint density at radius 2 is 2.10 bits per heavy atom. The third kappa shape index (κ3) is 3.26. The molecule has 0 amide bonds. The molecular formula is C16H20N2O2. The van der Waals surface area contributed by atoms with Crippen molar-refractivity contribution in [1.29, 1.82) is 0 Å². The van der Waals surface area contributed by atoms with E-state index in [9.17, 15) is 4.79 Å². The summed E-state index contributed by atoms with van der Waals surface area (Å²) in [6.45, 7) is 6.99. The maximum atomic E-state index is 11.3. The number of ether oxygens (including phenoxy) is 1. The molecule has 1 aromatic heterocycles. The smallest absolute Gasteiger partial charge is 0.159 e.